The second kappa shape index (κ2) is 6.61. The number of hydrogen-bond donors (Lipinski definition) is 0. The van der Waals surface area contributed by atoms with Crippen molar-refractivity contribution in [3.05, 3.63) is 52.0 Å². The lowest BCUT2D eigenvalue weighted by Crippen LogP contribution is -2.41. The monoisotopic (exact) mass is 366 g/mol. The fourth-order valence-electron chi connectivity index (χ4n) is 3.82. The maximum absolute atomic E-state index is 12.9. The lowest BCUT2D eigenvalue weighted by molar-refractivity contribution is 0.0691. The van der Waals surface area contributed by atoms with Gasteiger partial charge >= 0.3 is 0 Å². The SMILES string of the molecule is Cc1nn(C)c(C)c1C(=O)N1CCC(n2cnc3ncccc3c2=O)CC1. The Morgan fingerprint density at radius 1 is 1.19 bits per heavy atom. The Bertz CT molecular complexity index is 1080. The van der Waals surface area contributed by atoms with Crippen molar-refractivity contribution in [3.63, 3.8) is 0 Å². The zero-order valence-corrected chi connectivity index (χ0v) is 15.7. The molecule has 0 radical (unpaired) electrons. The molecule has 140 valence electrons. The van der Waals surface area contributed by atoms with E-state index in [0.717, 1.165) is 24.2 Å². The summed E-state index contributed by atoms with van der Waals surface area (Å²) in [6, 6.07) is 3.53. The van der Waals surface area contributed by atoms with Gasteiger partial charge in [-0.25, -0.2) is 9.97 Å². The molecular weight excluding hydrogens is 344 g/mol. The third kappa shape index (κ3) is 2.90. The van der Waals surface area contributed by atoms with E-state index in [2.05, 4.69) is 15.1 Å². The minimum atomic E-state index is -0.0724. The molecule has 1 amide bonds. The number of rotatable bonds is 2. The summed E-state index contributed by atoms with van der Waals surface area (Å²) in [6.45, 7) is 4.99. The first-order valence-electron chi connectivity index (χ1n) is 9.08. The molecule has 0 aromatic carbocycles. The van der Waals surface area contributed by atoms with E-state index >= 15 is 0 Å². The Hall–Kier alpha value is -3.03. The summed E-state index contributed by atoms with van der Waals surface area (Å²) in [6.07, 6.45) is 4.65. The van der Waals surface area contributed by atoms with Gasteiger partial charge in [-0.1, -0.05) is 0 Å². The van der Waals surface area contributed by atoms with E-state index in [1.807, 2.05) is 25.8 Å². The Labute approximate surface area is 156 Å². The van der Waals surface area contributed by atoms with E-state index < -0.39 is 0 Å². The fourth-order valence-corrected chi connectivity index (χ4v) is 3.82. The summed E-state index contributed by atoms with van der Waals surface area (Å²) in [5, 5.41) is 4.87. The summed E-state index contributed by atoms with van der Waals surface area (Å²) in [4.78, 5) is 36.0. The highest BCUT2D eigenvalue weighted by Gasteiger charge is 2.28. The van der Waals surface area contributed by atoms with Gasteiger partial charge in [0, 0.05) is 38.1 Å². The largest absolute Gasteiger partial charge is 0.338 e. The van der Waals surface area contributed by atoms with Gasteiger partial charge in [0.2, 0.25) is 0 Å². The Morgan fingerprint density at radius 2 is 1.93 bits per heavy atom. The van der Waals surface area contributed by atoms with Crippen molar-refractivity contribution in [2.75, 3.05) is 13.1 Å². The van der Waals surface area contributed by atoms with Gasteiger partial charge in [-0.3, -0.25) is 18.8 Å². The van der Waals surface area contributed by atoms with Crippen LogP contribution in [0.5, 0.6) is 0 Å². The molecule has 1 aliphatic heterocycles. The minimum Gasteiger partial charge on any atom is -0.338 e. The Morgan fingerprint density at radius 3 is 2.59 bits per heavy atom. The van der Waals surface area contributed by atoms with Gasteiger partial charge in [-0.15, -0.1) is 0 Å². The van der Waals surface area contributed by atoms with Crippen molar-refractivity contribution in [3.8, 4) is 0 Å². The topological polar surface area (TPSA) is 85.9 Å². The van der Waals surface area contributed by atoms with Crippen LogP contribution < -0.4 is 5.56 Å². The fraction of sp³-hybridized carbons (Fsp3) is 0.421. The lowest BCUT2D eigenvalue weighted by atomic mass is 10.0. The summed E-state index contributed by atoms with van der Waals surface area (Å²) < 4.78 is 3.43. The van der Waals surface area contributed by atoms with Crippen LogP contribution in [0, 0.1) is 13.8 Å². The van der Waals surface area contributed by atoms with E-state index in [-0.39, 0.29) is 17.5 Å². The van der Waals surface area contributed by atoms with Crippen molar-refractivity contribution in [2.45, 2.75) is 32.7 Å². The molecule has 1 aliphatic rings. The summed E-state index contributed by atoms with van der Waals surface area (Å²) >= 11 is 0. The molecule has 4 rings (SSSR count). The average Bonchev–Trinajstić information content (AvgIpc) is 2.94. The number of amides is 1. The van der Waals surface area contributed by atoms with Crippen molar-refractivity contribution in [1.29, 1.82) is 0 Å². The van der Waals surface area contributed by atoms with E-state index in [1.54, 1.807) is 33.9 Å². The van der Waals surface area contributed by atoms with Crippen LogP contribution in [0.2, 0.25) is 0 Å². The molecule has 0 spiro atoms. The number of likely N-dealkylation sites (tertiary alicyclic amines) is 1. The van der Waals surface area contributed by atoms with Crippen LogP contribution in [0.15, 0.2) is 29.5 Å². The van der Waals surface area contributed by atoms with Crippen LogP contribution in [-0.2, 0) is 7.05 Å². The number of fused-ring (bicyclic) bond motifs is 1. The molecule has 0 unspecified atom stereocenters. The Balaban J connectivity index is 1.53. The molecule has 4 heterocycles. The smallest absolute Gasteiger partial charge is 0.263 e. The number of carbonyl (C=O) groups is 1. The molecule has 27 heavy (non-hydrogen) atoms. The van der Waals surface area contributed by atoms with Crippen LogP contribution in [0.25, 0.3) is 11.0 Å². The molecular formula is C19H22N6O2. The van der Waals surface area contributed by atoms with Gasteiger partial charge in [0.15, 0.2) is 5.65 Å². The van der Waals surface area contributed by atoms with Crippen molar-refractivity contribution in [1.82, 2.24) is 29.2 Å². The highest BCUT2D eigenvalue weighted by molar-refractivity contribution is 5.96. The molecule has 0 aliphatic carbocycles. The molecule has 8 nitrogen and oxygen atoms in total. The molecule has 8 heteroatoms. The molecule has 3 aromatic rings. The van der Waals surface area contributed by atoms with Crippen molar-refractivity contribution >= 4 is 16.9 Å². The third-order valence-corrected chi connectivity index (χ3v) is 5.42. The van der Waals surface area contributed by atoms with Crippen LogP contribution >= 0.6 is 0 Å². The normalized spacial score (nSPS) is 15.4. The lowest BCUT2D eigenvalue weighted by Gasteiger charge is -2.32. The number of nitrogens with zero attached hydrogens (tertiary/aromatic N) is 6. The first-order valence-corrected chi connectivity index (χ1v) is 9.08. The van der Waals surface area contributed by atoms with Gasteiger partial charge in [0.05, 0.1) is 16.6 Å². The van der Waals surface area contributed by atoms with Gasteiger partial charge in [-0.05, 0) is 38.8 Å². The van der Waals surface area contributed by atoms with Gasteiger partial charge in [-0.2, -0.15) is 5.10 Å². The molecule has 1 fully saturated rings. The average molecular weight is 366 g/mol. The standard InChI is InChI=1S/C19H22N6O2/c1-12-16(13(2)23(3)22-12)19(27)24-9-6-14(7-10-24)25-11-21-17-15(18(25)26)5-4-8-20-17/h4-5,8,11,14H,6-7,9-10H2,1-3H3. The molecule has 3 aromatic heterocycles. The van der Waals surface area contributed by atoms with Gasteiger partial charge < -0.3 is 4.90 Å². The van der Waals surface area contributed by atoms with Crippen LogP contribution in [-0.4, -0.2) is 48.2 Å². The maximum atomic E-state index is 12.9. The van der Waals surface area contributed by atoms with E-state index in [0.29, 0.717) is 29.7 Å². The number of hydrogen-bond acceptors (Lipinski definition) is 5. The zero-order chi connectivity index (χ0) is 19.1. The summed E-state index contributed by atoms with van der Waals surface area (Å²) in [7, 11) is 1.85. The zero-order valence-electron chi connectivity index (χ0n) is 15.7. The highest BCUT2D eigenvalue weighted by atomic mass is 16.2. The van der Waals surface area contributed by atoms with E-state index in [1.165, 1.54) is 0 Å². The number of piperidine rings is 1. The van der Waals surface area contributed by atoms with E-state index in [9.17, 15) is 9.59 Å². The van der Waals surface area contributed by atoms with Crippen molar-refractivity contribution in [2.24, 2.45) is 7.05 Å². The predicted molar refractivity (Wildman–Crippen MR) is 101 cm³/mol. The van der Waals surface area contributed by atoms with Gasteiger partial charge in [0.1, 0.15) is 6.33 Å². The highest BCUT2D eigenvalue weighted by Crippen LogP contribution is 2.24. The number of carbonyl (C=O) groups excluding carboxylic acids is 1. The maximum Gasteiger partial charge on any atom is 0.263 e. The van der Waals surface area contributed by atoms with E-state index in [4.69, 9.17) is 0 Å². The van der Waals surface area contributed by atoms with Crippen LogP contribution in [0.4, 0.5) is 0 Å². The molecule has 0 atom stereocenters. The quantitative estimate of drug-likeness (QED) is 0.688. The second-order valence-corrected chi connectivity index (χ2v) is 7.02. The first-order chi connectivity index (χ1) is 13.0. The number of pyridine rings is 1. The summed E-state index contributed by atoms with van der Waals surface area (Å²) in [5.41, 5.74) is 2.71. The van der Waals surface area contributed by atoms with Gasteiger partial charge in [0.25, 0.3) is 11.5 Å². The first kappa shape index (κ1) is 17.4. The number of aromatic nitrogens is 5. The minimum absolute atomic E-state index is 0.0183. The van der Waals surface area contributed by atoms with Crippen molar-refractivity contribution < 1.29 is 4.79 Å². The number of aryl methyl sites for hydroxylation is 2. The molecule has 0 saturated carbocycles. The van der Waals surface area contributed by atoms with Crippen LogP contribution in [0.1, 0.15) is 40.6 Å². The molecule has 0 bridgehead atoms. The van der Waals surface area contributed by atoms with Crippen LogP contribution in [0.3, 0.4) is 0 Å². The summed E-state index contributed by atoms with van der Waals surface area (Å²) in [5.74, 6) is 0.0183. The molecule has 1 saturated heterocycles. The third-order valence-electron chi connectivity index (χ3n) is 5.42. The second-order valence-electron chi connectivity index (χ2n) is 7.02. The molecule has 0 N–H and O–H groups in total. The Kier molecular flexibility index (Phi) is 4.25. The predicted octanol–water partition coefficient (Wildman–Crippen LogP) is 1.62.